The Bertz CT molecular complexity index is 644. The number of aryl methyl sites for hydroxylation is 2. The lowest BCUT2D eigenvalue weighted by atomic mass is 9.97. The predicted molar refractivity (Wildman–Crippen MR) is 72.3 cm³/mol. The summed E-state index contributed by atoms with van der Waals surface area (Å²) in [5.41, 5.74) is 4.14. The molecular formula is C15H16N2O2. The van der Waals surface area contributed by atoms with E-state index in [1.807, 2.05) is 35.9 Å². The Kier molecular flexibility index (Phi) is 2.85. The summed E-state index contributed by atoms with van der Waals surface area (Å²) < 4.78 is 1.87. The second-order valence-corrected chi connectivity index (χ2v) is 5.03. The number of aromatic nitrogens is 2. The molecule has 98 valence electrons. The molecule has 4 heteroatoms. The van der Waals surface area contributed by atoms with E-state index in [2.05, 4.69) is 5.10 Å². The summed E-state index contributed by atoms with van der Waals surface area (Å²) in [6, 6.07) is 7.97. The first kappa shape index (κ1) is 12.0. The first-order chi connectivity index (χ1) is 9.16. The van der Waals surface area contributed by atoms with Crippen molar-refractivity contribution in [2.75, 3.05) is 0 Å². The van der Waals surface area contributed by atoms with Crippen molar-refractivity contribution in [2.45, 2.75) is 32.7 Å². The van der Waals surface area contributed by atoms with Crippen molar-refractivity contribution >= 4 is 5.97 Å². The molecule has 19 heavy (non-hydrogen) atoms. The Labute approximate surface area is 111 Å². The Balaban J connectivity index is 2.23. The van der Waals surface area contributed by atoms with Crippen LogP contribution in [-0.2, 0) is 13.0 Å². The molecule has 0 saturated heterocycles. The average molecular weight is 256 g/mol. The Hall–Kier alpha value is -2.10. The molecule has 0 spiro atoms. The summed E-state index contributed by atoms with van der Waals surface area (Å²) in [7, 11) is 0. The molecule has 1 aromatic heterocycles. The van der Waals surface area contributed by atoms with E-state index in [-0.39, 0.29) is 5.69 Å². The van der Waals surface area contributed by atoms with Gasteiger partial charge in [-0.15, -0.1) is 0 Å². The van der Waals surface area contributed by atoms with E-state index in [0.29, 0.717) is 0 Å². The maximum atomic E-state index is 11.4. The second kappa shape index (κ2) is 4.53. The predicted octanol–water partition coefficient (Wildman–Crippen LogP) is 2.89. The Morgan fingerprint density at radius 3 is 2.95 bits per heavy atom. The summed E-state index contributed by atoms with van der Waals surface area (Å²) in [6.07, 6.45) is 3.08. The molecule has 0 amide bonds. The highest BCUT2D eigenvalue weighted by molar-refractivity contribution is 5.95. The number of benzene rings is 1. The number of carboxylic acids is 1. The smallest absolute Gasteiger partial charge is 0.357 e. The molecule has 0 bridgehead atoms. The van der Waals surface area contributed by atoms with Crippen LogP contribution < -0.4 is 0 Å². The highest BCUT2D eigenvalue weighted by Gasteiger charge is 2.25. The maximum Gasteiger partial charge on any atom is 0.357 e. The van der Waals surface area contributed by atoms with Crippen molar-refractivity contribution in [3.63, 3.8) is 0 Å². The molecule has 4 nitrogen and oxygen atoms in total. The van der Waals surface area contributed by atoms with E-state index >= 15 is 0 Å². The van der Waals surface area contributed by atoms with Crippen LogP contribution >= 0.6 is 0 Å². The van der Waals surface area contributed by atoms with Gasteiger partial charge in [-0.25, -0.2) is 4.79 Å². The lowest BCUT2D eigenvalue weighted by Gasteiger charge is -2.14. The van der Waals surface area contributed by atoms with Crippen molar-refractivity contribution in [3.05, 3.63) is 41.2 Å². The normalized spacial score (nSPS) is 14.2. The molecule has 3 rings (SSSR count). The van der Waals surface area contributed by atoms with Crippen molar-refractivity contribution in [1.29, 1.82) is 0 Å². The lowest BCUT2D eigenvalue weighted by molar-refractivity contribution is 0.0690. The summed E-state index contributed by atoms with van der Waals surface area (Å²) in [5, 5.41) is 13.6. The number of carbonyl (C=O) groups is 1. The van der Waals surface area contributed by atoms with Crippen LogP contribution in [0, 0.1) is 6.92 Å². The third kappa shape index (κ3) is 2.03. The van der Waals surface area contributed by atoms with Gasteiger partial charge in [0.15, 0.2) is 5.69 Å². The van der Waals surface area contributed by atoms with Crippen LogP contribution in [0.3, 0.4) is 0 Å². The van der Waals surface area contributed by atoms with E-state index in [1.54, 1.807) is 0 Å². The topological polar surface area (TPSA) is 55.1 Å². The summed E-state index contributed by atoms with van der Waals surface area (Å²) in [4.78, 5) is 11.4. The van der Waals surface area contributed by atoms with Gasteiger partial charge in [-0.3, -0.25) is 4.68 Å². The molecule has 1 aliphatic heterocycles. The zero-order valence-corrected chi connectivity index (χ0v) is 10.9. The molecule has 1 N–H and O–H groups in total. The first-order valence-corrected chi connectivity index (χ1v) is 6.57. The van der Waals surface area contributed by atoms with Crippen LogP contribution in [0.25, 0.3) is 11.1 Å². The maximum absolute atomic E-state index is 11.4. The van der Waals surface area contributed by atoms with Gasteiger partial charge in [0, 0.05) is 17.8 Å². The zero-order valence-electron chi connectivity index (χ0n) is 10.9. The average Bonchev–Trinajstić information content (AvgIpc) is 2.78. The molecule has 0 aliphatic carbocycles. The van der Waals surface area contributed by atoms with Gasteiger partial charge in [0.25, 0.3) is 0 Å². The summed E-state index contributed by atoms with van der Waals surface area (Å²) in [6.45, 7) is 2.83. The summed E-state index contributed by atoms with van der Waals surface area (Å²) in [5.74, 6) is -0.946. The van der Waals surface area contributed by atoms with Crippen molar-refractivity contribution in [1.82, 2.24) is 9.78 Å². The number of carboxylic acid groups (broad SMARTS) is 1. The van der Waals surface area contributed by atoms with Gasteiger partial charge >= 0.3 is 5.97 Å². The largest absolute Gasteiger partial charge is 0.476 e. The second-order valence-electron chi connectivity index (χ2n) is 5.03. The van der Waals surface area contributed by atoms with Crippen molar-refractivity contribution in [3.8, 4) is 11.1 Å². The van der Waals surface area contributed by atoms with Gasteiger partial charge in [0.1, 0.15) is 0 Å². The lowest BCUT2D eigenvalue weighted by Crippen LogP contribution is -2.11. The van der Waals surface area contributed by atoms with E-state index in [9.17, 15) is 9.90 Å². The number of fused-ring (bicyclic) bond motifs is 1. The quantitative estimate of drug-likeness (QED) is 0.898. The van der Waals surface area contributed by atoms with E-state index in [0.717, 1.165) is 48.2 Å². The first-order valence-electron chi connectivity index (χ1n) is 6.57. The molecular weight excluding hydrogens is 240 g/mol. The fraction of sp³-hybridized carbons (Fsp3) is 0.333. The number of hydrogen-bond donors (Lipinski definition) is 1. The third-order valence-electron chi connectivity index (χ3n) is 3.60. The summed E-state index contributed by atoms with van der Waals surface area (Å²) >= 11 is 0. The molecule has 0 atom stereocenters. The van der Waals surface area contributed by atoms with Crippen LogP contribution in [-0.4, -0.2) is 20.9 Å². The molecule has 0 fully saturated rings. The van der Waals surface area contributed by atoms with Gasteiger partial charge in [0.05, 0.1) is 0 Å². The number of rotatable bonds is 2. The van der Waals surface area contributed by atoms with Crippen LogP contribution in [0.5, 0.6) is 0 Å². The molecule has 0 saturated carbocycles. The molecule has 2 aromatic rings. The van der Waals surface area contributed by atoms with Gasteiger partial charge < -0.3 is 5.11 Å². The van der Waals surface area contributed by atoms with Crippen LogP contribution in [0.1, 0.15) is 34.6 Å². The molecule has 1 aromatic carbocycles. The Morgan fingerprint density at radius 2 is 2.21 bits per heavy atom. The fourth-order valence-corrected chi connectivity index (χ4v) is 2.74. The number of nitrogens with zero attached hydrogens (tertiary/aromatic N) is 2. The van der Waals surface area contributed by atoms with Crippen LogP contribution in [0.4, 0.5) is 0 Å². The van der Waals surface area contributed by atoms with Gasteiger partial charge in [-0.2, -0.15) is 5.10 Å². The molecule has 1 aliphatic rings. The number of hydrogen-bond acceptors (Lipinski definition) is 2. The molecule has 0 unspecified atom stereocenters. The SMILES string of the molecule is Cc1cccc(-c2c(C(=O)O)nn3c2CCCC3)c1. The van der Waals surface area contributed by atoms with Crippen molar-refractivity contribution in [2.24, 2.45) is 0 Å². The van der Waals surface area contributed by atoms with Gasteiger partial charge in [0.2, 0.25) is 0 Å². The monoisotopic (exact) mass is 256 g/mol. The van der Waals surface area contributed by atoms with Crippen LogP contribution in [0.15, 0.2) is 24.3 Å². The van der Waals surface area contributed by atoms with E-state index in [1.165, 1.54) is 0 Å². The standard InChI is InChI=1S/C15H16N2O2/c1-10-5-4-6-11(9-10)13-12-7-2-3-8-17(12)16-14(13)15(18)19/h4-6,9H,2-3,7-8H2,1H3,(H,18,19). The van der Waals surface area contributed by atoms with Gasteiger partial charge in [-0.1, -0.05) is 29.8 Å². The van der Waals surface area contributed by atoms with Gasteiger partial charge in [-0.05, 0) is 31.7 Å². The van der Waals surface area contributed by atoms with Crippen molar-refractivity contribution < 1.29 is 9.90 Å². The van der Waals surface area contributed by atoms with E-state index in [4.69, 9.17) is 0 Å². The van der Waals surface area contributed by atoms with E-state index < -0.39 is 5.97 Å². The minimum atomic E-state index is -0.946. The minimum absolute atomic E-state index is 0.183. The molecule has 2 heterocycles. The highest BCUT2D eigenvalue weighted by atomic mass is 16.4. The zero-order chi connectivity index (χ0) is 13.4. The fourth-order valence-electron chi connectivity index (χ4n) is 2.74. The molecule has 0 radical (unpaired) electrons. The number of aromatic carboxylic acids is 1. The van der Waals surface area contributed by atoms with Crippen LogP contribution in [0.2, 0.25) is 0 Å². The third-order valence-corrected chi connectivity index (χ3v) is 3.60. The minimum Gasteiger partial charge on any atom is -0.476 e. The Morgan fingerprint density at radius 1 is 1.37 bits per heavy atom. The highest BCUT2D eigenvalue weighted by Crippen LogP contribution is 2.31.